The number of hydrogen-bond acceptors (Lipinski definition) is 5. The molecule has 0 radical (unpaired) electrons. The van der Waals surface area contributed by atoms with E-state index in [1.807, 2.05) is 5.38 Å². The molecule has 1 N–H and O–H groups in total. The first-order valence-electron chi connectivity index (χ1n) is 6.14. The Morgan fingerprint density at radius 2 is 2.44 bits per heavy atom. The Balaban J connectivity index is 1.92. The van der Waals surface area contributed by atoms with Crippen molar-refractivity contribution in [1.29, 1.82) is 0 Å². The van der Waals surface area contributed by atoms with Crippen molar-refractivity contribution in [2.75, 3.05) is 32.1 Å². The first-order chi connectivity index (χ1) is 8.56. The van der Waals surface area contributed by atoms with Gasteiger partial charge in [-0.2, -0.15) is 0 Å². The average Bonchev–Trinajstić information content (AvgIpc) is 2.95. The monoisotopic (exact) mass is 269 g/mol. The normalized spacial score (nSPS) is 19.7. The smallest absolute Gasteiger partial charge is 0.303 e. The van der Waals surface area contributed by atoms with Gasteiger partial charge in [0.2, 0.25) is 0 Å². The zero-order valence-corrected chi connectivity index (χ0v) is 11.6. The van der Waals surface area contributed by atoms with E-state index in [0.717, 1.165) is 30.3 Å². The van der Waals surface area contributed by atoms with Gasteiger partial charge in [0.05, 0.1) is 12.1 Å². The van der Waals surface area contributed by atoms with Crippen molar-refractivity contribution in [2.45, 2.75) is 25.3 Å². The first-order valence-corrected chi connectivity index (χ1v) is 7.02. The molecule has 1 aliphatic heterocycles. The lowest BCUT2D eigenvalue weighted by atomic mass is 10.2. The number of carboxylic acid groups (broad SMARTS) is 1. The van der Waals surface area contributed by atoms with Gasteiger partial charge in [-0.15, -0.1) is 11.3 Å². The van der Waals surface area contributed by atoms with Gasteiger partial charge >= 0.3 is 5.97 Å². The Hall–Kier alpha value is -1.14. The molecule has 2 rings (SSSR count). The largest absolute Gasteiger partial charge is 0.481 e. The second-order valence-corrected chi connectivity index (χ2v) is 5.70. The van der Waals surface area contributed by atoms with E-state index in [-0.39, 0.29) is 6.42 Å². The molecule has 0 spiro atoms. The highest BCUT2D eigenvalue weighted by Crippen LogP contribution is 2.26. The summed E-state index contributed by atoms with van der Waals surface area (Å²) >= 11 is 1.62. The van der Waals surface area contributed by atoms with E-state index in [4.69, 9.17) is 5.11 Å². The van der Waals surface area contributed by atoms with E-state index in [1.54, 1.807) is 11.3 Å². The standard InChI is InChI=1S/C12H19N3O2S/c1-14(2)10-5-6-15(7-10)12-13-9(8-18-12)3-4-11(16)17/h8,10H,3-7H2,1-2H3,(H,16,17). The Labute approximate surface area is 111 Å². The number of aromatic nitrogens is 1. The van der Waals surface area contributed by atoms with Gasteiger partial charge in [-0.25, -0.2) is 4.98 Å². The molecule has 1 aliphatic rings. The van der Waals surface area contributed by atoms with Gasteiger partial charge in [0.1, 0.15) is 0 Å². The van der Waals surface area contributed by atoms with Crippen molar-refractivity contribution in [3.05, 3.63) is 11.1 Å². The molecule has 1 atom stereocenters. The highest BCUT2D eigenvalue weighted by molar-refractivity contribution is 7.13. The van der Waals surface area contributed by atoms with Crippen LogP contribution in [0.25, 0.3) is 0 Å². The van der Waals surface area contributed by atoms with E-state index < -0.39 is 5.97 Å². The summed E-state index contributed by atoms with van der Waals surface area (Å²) in [4.78, 5) is 19.6. The van der Waals surface area contributed by atoms with E-state index >= 15 is 0 Å². The molecular weight excluding hydrogens is 250 g/mol. The predicted molar refractivity (Wildman–Crippen MR) is 72.4 cm³/mol. The maximum atomic E-state index is 10.5. The number of carboxylic acids is 1. The van der Waals surface area contributed by atoms with Crippen LogP contribution in [0.5, 0.6) is 0 Å². The molecule has 1 saturated heterocycles. The molecule has 0 bridgehead atoms. The van der Waals surface area contributed by atoms with Crippen molar-refractivity contribution >= 4 is 22.4 Å². The van der Waals surface area contributed by atoms with Crippen molar-refractivity contribution in [1.82, 2.24) is 9.88 Å². The Bertz CT molecular complexity index is 419. The summed E-state index contributed by atoms with van der Waals surface area (Å²) in [5.74, 6) is -0.765. The van der Waals surface area contributed by atoms with Crippen LogP contribution >= 0.6 is 11.3 Å². The van der Waals surface area contributed by atoms with Crippen molar-refractivity contribution in [3.8, 4) is 0 Å². The van der Waals surface area contributed by atoms with Crippen LogP contribution in [0, 0.1) is 0 Å². The van der Waals surface area contributed by atoms with Crippen LogP contribution in [0.1, 0.15) is 18.5 Å². The second-order valence-electron chi connectivity index (χ2n) is 4.87. The topological polar surface area (TPSA) is 56.7 Å². The molecule has 1 aromatic rings. The number of thiazole rings is 1. The molecule has 1 unspecified atom stereocenters. The van der Waals surface area contributed by atoms with Gasteiger partial charge in [-0.05, 0) is 20.5 Å². The van der Waals surface area contributed by atoms with E-state index in [1.165, 1.54) is 0 Å². The Morgan fingerprint density at radius 3 is 3.06 bits per heavy atom. The number of anilines is 1. The van der Waals surface area contributed by atoms with E-state index in [9.17, 15) is 4.79 Å². The van der Waals surface area contributed by atoms with Gasteiger partial charge in [0.25, 0.3) is 0 Å². The second kappa shape index (κ2) is 5.67. The van der Waals surface area contributed by atoms with Gasteiger partial charge in [0.15, 0.2) is 5.13 Å². The predicted octanol–water partition coefficient (Wildman–Crippen LogP) is 1.30. The molecule has 0 aliphatic carbocycles. The highest BCUT2D eigenvalue weighted by atomic mass is 32.1. The molecule has 18 heavy (non-hydrogen) atoms. The molecule has 100 valence electrons. The fraction of sp³-hybridized carbons (Fsp3) is 0.667. The molecular formula is C12H19N3O2S. The minimum atomic E-state index is -0.765. The fourth-order valence-electron chi connectivity index (χ4n) is 2.13. The quantitative estimate of drug-likeness (QED) is 0.873. The molecule has 5 nitrogen and oxygen atoms in total. The van der Waals surface area contributed by atoms with Gasteiger partial charge in [-0.1, -0.05) is 0 Å². The average molecular weight is 269 g/mol. The number of rotatable bonds is 5. The van der Waals surface area contributed by atoms with Crippen LogP contribution in [0.2, 0.25) is 0 Å². The maximum Gasteiger partial charge on any atom is 0.303 e. The summed E-state index contributed by atoms with van der Waals surface area (Å²) in [5.41, 5.74) is 0.894. The number of likely N-dealkylation sites (N-methyl/N-ethyl adjacent to an activating group) is 1. The minimum Gasteiger partial charge on any atom is -0.481 e. The van der Waals surface area contributed by atoms with Crippen molar-refractivity contribution < 1.29 is 9.90 Å². The van der Waals surface area contributed by atoms with Gasteiger partial charge in [0, 0.05) is 30.9 Å². The number of carbonyl (C=O) groups is 1. The van der Waals surface area contributed by atoms with Crippen LogP contribution in [-0.2, 0) is 11.2 Å². The lowest BCUT2D eigenvalue weighted by Crippen LogP contribution is -2.31. The summed E-state index contributed by atoms with van der Waals surface area (Å²) < 4.78 is 0. The summed E-state index contributed by atoms with van der Waals surface area (Å²) in [6.45, 7) is 2.05. The molecule has 1 fully saturated rings. The molecule has 0 saturated carbocycles. The number of hydrogen-bond donors (Lipinski definition) is 1. The molecule has 1 aromatic heterocycles. The molecule has 6 heteroatoms. The molecule has 0 aromatic carbocycles. The van der Waals surface area contributed by atoms with Crippen LogP contribution in [0.4, 0.5) is 5.13 Å². The third-order valence-corrected chi connectivity index (χ3v) is 4.25. The highest BCUT2D eigenvalue weighted by Gasteiger charge is 2.25. The zero-order valence-electron chi connectivity index (χ0n) is 10.8. The lowest BCUT2D eigenvalue weighted by Gasteiger charge is -2.19. The Morgan fingerprint density at radius 1 is 1.67 bits per heavy atom. The maximum absolute atomic E-state index is 10.5. The number of aryl methyl sites for hydroxylation is 1. The van der Waals surface area contributed by atoms with E-state index in [0.29, 0.717) is 12.5 Å². The number of nitrogens with zero attached hydrogens (tertiary/aromatic N) is 3. The fourth-order valence-corrected chi connectivity index (χ4v) is 3.03. The zero-order chi connectivity index (χ0) is 13.1. The van der Waals surface area contributed by atoms with Crippen molar-refractivity contribution in [3.63, 3.8) is 0 Å². The SMILES string of the molecule is CN(C)C1CCN(c2nc(CCC(=O)O)cs2)C1. The summed E-state index contributed by atoms with van der Waals surface area (Å²) in [6.07, 6.45) is 1.84. The van der Waals surface area contributed by atoms with Crippen LogP contribution in [0.3, 0.4) is 0 Å². The van der Waals surface area contributed by atoms with Gasteiger partial charge in [-0.3, -0.25) is 4.79 Å². The molecule has 2 heterocycles. The summed E-state index contributed by atoms with van der Waals surface area (Å²) in [7, 11) is 4.21. The Kier molecular flexibility index (Phi) is 4.19. The number of aliphatic carboxylic acids is 1. The van der Waals surface area contributed by atoms with E-state index in [2.05, 4.69) is 28.9 Å². The lowest BCUT2D eigenvalue weighted by molar-refractivity contribution is -0.136. The van der Waals surface area contributed by atoms with Crippen LogP contribution in [0.15, 0.2) is 5.38 Å². The minimum absolute atomic E-state index is 0.156. The third kappa shape index (κ3) is 3.20. The van der Waals surface area contributed by atoms with Gasteiger partial charge < -0.3 is 14.9 Å². The van der Waals surface area contributed by atoms with Crippen molar-refractivity contribution in [2.24, 2.45) is 0 Å². The summed E-state index contributed by atoms with van der Waals surface area (Å²) in [6, 6.07) is 0.594. The first kappa shape index (κ1) is 13.3. The van der Waals surface area contributed by atoms with Crippen LogP contribution in [-0.4, -0.2) is 54.2 Å². The third-order valence-electron chi connectivity index (χ3n) is 3.30. The molecule has 0 amide bonds. The van der Waals surface area contributed by atoms with Crippen LogP contribution < -0.4 is 4.90 Å². The summed E-state index contributed by atoms with van der Waals surface area (Å²) in [5, 5.41) is 11.6.